The first-order valence-corrected chi connectivity index (χ1v) is 8.13. The number of hydrogen-bond acceptors (Lipinski definition) is 7. The Labute approximate surface area is 127 Å². The van der Waals surface area contributed by atoms with Crippen molar-refractivity contribution < 1.29 is 4.79 Å². The predicted octanol–water partition coefficient (Wildman–Crippen LogP) is 3.67. The quantitative estimate of drug-likeness (QED) is 0.589. The van der Waals surface area contributed by atoms with E-state index in [1.807, 2.05) is 24.3 Å². The normalized spacial score (nSPS) is 10.8. The lowest BCUT2D eigenvalue weighted by Gasteiger charge is -1.98. The Morgan fingerprint density at radius 3 is 2.80 bits per heavy atom. The number of rotatable bonds is 3. The number of anilines is 1. The summed E-state index contributed by atoms with van der Waals surface area (Å²) in [7, 11) is 0. The zero-order valence-corrected chi connectivity index (χ0v) is 12.6. The zero-order chi connectivity index (χ0) is 14.1. The van der Waals surface area contributed by atoms with Gasteiger partial charge in [0.1, 0.15) is 0 Å². The molecule has 0 aliphatic carbocycles. The van der Waals surface area contributed by atoms with E-state index >= 15 is 0 Å². The lowest BCUT2D eigenvalue weighted by atomic mass is 10.3. The van der Waals surface area contributed by atoms with Crippen molar-refractivity contribution in [3.63, 3.8) is 0 Å². The molecule has 0 aliphatic rings. The van der Waals surface area contributed by atoms with Gasteiger partial charge in [0.2, 0.25) is 5.12 Å². The Morgan fingerprint density at radius 1 is 1.30 bits per heavy atom. The highest BCUT2D eigenvalue weighted by Gasteiger charge is 2.16. The summed E-state index contributed by atoms with van der Waals surface area (Å²) in [6, 6.07) is 7.79. The van der Waals surface area contributed by atoms with E-state index in [1.54, 1.807) is 5.38 Å². The molecule has 4 nitrogen and oxygen atoms in total. The van der Waals surface area contributed by atoms with Crippen molar-refractivity contribution in [2.24, 2.45) is 0 Å². The SMILES string of the molecule is C=C(C(=O)Sc1nc2ccccc2s1)c1csc(N)n1. The zero-order valence-electron chi connectivity index (χ0n) is 10.2. The van der Waals surface area contributed by atoms with Crippen LogP contribution in [0, 0.1) is 0 Å². The predicted molar refractivity (Wildman–Crippen MR) is 86.0 cm³/mol. The lowest BCUT2D eigenvalue weighted by Crippen LogP contribution is -1.96. The fourth-order valence-corrected chi connectivity index (χ4v) is 4.04. The van der Waals surface area contributed by atoms with Gasteiger partial charge in [0, 0.05) is 11.0 Å². The van der Waals surface area contributed by atoms with Gasteiger partial charge in [0.25, 0.3) is 0 Å². The van der Waals surface area contributed by atoms with Gasteiger partial charge in [-0.2, -0.15) is 0 Å². The minimum Gasteiger partial charge on any atom is -0.375 e. The van der Waals surface area contributed by atoms with Crippen LogP contribution < -0.4 is 5.73 Å². The molecule has 0 unspecified atom stereocenters. The van der Waals surface area contributed by atoms with Crippen molar-refractivity contribution in [3.8, 4) is 0 Å². The van der Waals surface area contributed by atoms with E-state index < -0.39 is 0 Å². The Balaban J connectivity index is 1.80. The molecule has 2 aromatic heterocycles. The highest BCUT2D eigenvalue weighted by molar-refractivity contribution is 8.16. The standard InChI is InChI=1S/C13H9N3OS3/c1-7(9-6-18-12(14)15-9)11(17)20-13-16-8-4-2-3-5-10(8)19-13/h2-6H,1H2,(H2,14,15). The maximum Gasteiger partial charge on any atom is 0.227 e. The van der Waals surface area contributed by atoms with Gasteiger partial charge in [0.05, 0.1) is 15.9 Å². The fraction of sp³-hybridized carbons (Fsp3) is 0. The third kappa shape index (κ3) is 2.60. The largest absolute Gasteiger partial charge is 0.375 e. The number of thiazole rings is 2. The third-order valence-electron chi connectivity index (χ3n) is 2.53. The van der Waals surface area contributed by atoms with Crippen LogP contribution in [0.4, 0.5) is 5.13 Å². The van der Waals surface area contributed by atoms with Crippen molar-refractivity contribution in [1.82, 2.24) is 9.97 Å². The van der Waals surface area contributed by atoms with Gasteiger partial charge < -0.3 is 5.73 Å². The summed E-state index contributed by atoms with van der Waals surface area (Å²) in [5, 5.41) is 2.00. The molecule has 3 aromatic rings. The van der Waals surface area contributed by atoms with Gasteiger partial charge in [-0.05, 0) is 23.9 Å². The molecule has 2 heterocycles. The fourth-order valence-electron chi connectivity index (χ4n) is 1.57. The topological polar surface area (TPSA) is 68.9 Å². The second-order valence-corrected chi connectivity index (χ2v) is 7.03. The van der Waals surface area contributed by atoms with E-state index in [0.29, 0.717) is 20.7 Å². The molecule has 7 heteroatoms. The summed E-state index contributed by atoms with van der Waals surface area (Å²) in [4.78, 5) is 20.6. The Hall–Kier alpha value is -1.70. The number of fused-ring (bicyclic) bond motifs is 1. The van der Waals surface area contributed by atoms with Crippen molar-refractivity contribution >= 4 is 60.5 Å². The summed E-state index contributed by atoms with van der Waals surface area (Å²) >= 11 is 3.86. The van der Waals surface area contributed by atoms with Crippen LogP contribution >= 0.6 is 34.4 Å². The molecule has 3 rings (SSSR count). The van der Waals surface area contributed by atoms with E-state index in [-0.39, 0.29) is 5.12 Å². The van der Waals surface area contributed by atoms with Gasteiger partial charge >= 0.3 is 0 Å². The summed E-state index contributed by atoms with van der Waals surface area (Å²) in [6.45, 7) is 3.78. The van der Waals surface area contributed by atoms with Crippen LogP contribution in [0.15, 0.2) is 40.6 Å². The van der Waals surface area contributed by atoms with Crippen LogP contribution in [0.1, 0.15) is 5.69 Å². The molecule has 20 heavy (non-hydrogen) atoms. The highest BCUT2D eigenvalue weighted by Crippen LogP contribution is 2.33. The van der Waals surface area contributed by atoms with Crippen LogP contribution in [0.2, 0.25) is 0 Å². The summed E-state index contributed by atoms with van der Waals surface area (Å²) in [5.74, 6) is 0. The molecule has 0 amide bonds. The molecule has 0 spiro atoms. The molecular formula is C13H9N3OS3. The molecule has 0 atom stereocenters. The molecule has 0 bridgehead atoms. The molecule has 0 radical (unpaired) electrons. The Morgan fingerprint density at radius 2 is 2.10 bits per heavy atom. The molecule has 0 aliphatic heterocycles. The Bertz CT molecular complexity index is 773. The van der Waals surface area contributed by atoms with Crippen molar-refractivity contribution in [2.75, 3.05) is 5.73 Å². The first-order valence-electron chi connectivity index (χ1n) is 5.61. The maximum absolute atomic E-state index is 12.2. The smallest absolute Gasteiger partial charge is 0.227 e. The number of nitrogens with zero attached hydrogens (tertiary/aromatic N) is 2. The first-order chi connectivity index (χ1) is 9.63. The van der Waals surface area contributed by atoms with Crippen molar-refractivity contribution in [1.29, 1.82) is 0 Å². The number of benzene rings is 1. The van der Waals surface area contributed by atoms with Crippen LogP contribution in [-0.2, 0) is 4.79 Å². The molecule has 0 saturated carbocycles. The van der Waals surface area contributed by atoms with E-state index in [1.165, 1.54) is 22.7 Å². The summed E-state index contributed by atoms with van der Waals surface area (Å²) in [6.07, 6.45) is 0. The third-order valence-corrected chi connectivity index (χ3v) is 5.23. The molecule has 0 saturated heterocycles. The summed E-state index contributed by atoms with van der Waals surface area (Å²) in [5.41, 5.74) is 7.34. The van der Waals surface area contributed by atoms with Crippen LogP contribution in [-0.4, -0.2) is 15.1 Å². The number of carbonyl (C=O) groups is 1. The van der Waals surface area contributed by atoms with E-state index in [9.17, 15) is 4.79 Å². The minimum atomic E-state index is -0.158. The molecule has 2 N–H and O–H groups in total. The first kappa shape index (κ1) is 13.3. The monoisotopic (exact) mass is 319 g/mol. The van der Waals surface area contributed by atoms with Crippen LogP contribution in [0.3, 0.4) is 0 Å². The van der Waals surface area contributed by atoms with E-state index in [2.05, 4.69) is 16.5 Å². The van der Waals surface area contributed by atoms with E-state index in [4.69, 9.17) is 5.73 Å². The van der Waals surface area contributed by atoms with Gasteiger partial charge in [-0.15, -0.1) is 22.7 Å². The van der Waals surface area contributed by atoms with E-state index in [0.717, 1.165) is 22.0 Å². The number of nitrogen functional groups attached to an aromatic ring is 1. The average molecular weight is 319 g/mol. The van der Waals surface area contributed by atoms with Crippen molar-refractivity contribution in [3.05, 3.63) is 41.9 Å². The number of para-hydroxylation sites is 1. The number of thioether (sulfide) groups is 1. The highest BCUT2D eigenvalue weighted by atomic mass is 32.2. The lowest BCUT2D eigenvalue weighted by molar-refractivity contribution is -0.106. The van der Waals surface area contributed by atoms with Gasteiger partial charge in [-0.1, -0.05) is 18.7 Å². The Kier molecular flexibility index (Phi) is 3.56. The molecule has 1 aromatic carbocycles. The van der Waals surface area contributed by atoms with Gasteiger partial charge in [0.15, 0.2) is 9.47 Å². The molecule has 100 valence electrons. The van der Waals surface area contributed by atoms with Crippen LogP contribution in [0.25, 0.3) is 15.8 Å². The maximum atomic E-state index is 12.2. The minimum absolute atomic E-state index is 0.158. The van der Waals surface area contributed by atoms with Gasteiger partial charge in [-0.3, -0.25) is 4.79 Å². The van der Waals surface area contributed by atoms with Crippen LogP contribution in [0.5, 0.6) is 0 Å². The summed E-state index contributed by atoms with van der Waals surface area (Å²) < 4.78 is 1.77. The van der Waals surface area contributed by atoms with Crippen molar-refractivity contribution in [2.45, 2.75) is 4.34 Å². The number of aromatic nitrogens is 2. The number of carbonyl (C=O) groups excluding carboxylic acids is 1. The molecular weight excluding hydrogens is 310 g/mol. The molecule has 0 fully saturated rings. The number of nitrogens with two attached hydrogens (primary N) is 1. The second-order valence-electron chi connectivity index (χ2n) is 3.89. The second kappa shape index (κ2) is 5.35. The number of hydrogen-bond donors (Lipinski definition) is 1. The van der Waals surface area contributed by atoms with Gasteiger partial charge in [-0.25, -0.2) is 9.97 Å². The average Bonchev–Trinajstić information content (AvgIpc) is 3.03.